The van der Waals surface area contributed by atoms with E-state index < -0.39 is 15.9 Å². The summed E-state index contributed by atoms with van der Waals surface area (Å²) in [6, 6.07) is -0.422. The van der Waals surface area contributed by atoms with Crippen LogP contribution in [0.3, 0.4) is 0 Å². The van der Waals surface area contributed by atoms with Gasteiger partial charge in [-0.3, -0.25) is 4.79 Å². The summed E-state index contributed by atoms with van der Waals surface area (Å²) in [7, 11) is -3.13. The minimum Gasteiger partial charge on any atom is -0.349 e. The SMILES string of the molecule is Cc1[nH]c(=S)sc1CC(=O)NC1C=CS(=O)(=O)C1. The van der Waals surface area contributed by atoms with Gasteiger partial charge in [0.05, 0.1) is 18.2 Å². The highest BCUT2D eigenvalue weighted by Crippen LogP contribution is 2.15. The molecule has 0 saturated carbocycles. The number of nitrogens with one attached hydrogen (secondary N) is 2. The largest absolute Gasteiger partial charge is 0.349 e. The van der Waals surface area contributed by atoms with Crippen LogP contribution < -0.4 is 5.32 Å². The van der Waals surface area contributed by atoms with Gasteiger partial charge in [-0.15, -0.1) is 11.3 Å². The third-order valence-electron chi connectivity index (χ3n) is 2.52. The van der Waals surface area contributed by atoms with Gasteiger partial charge in [0.25, 0.3) is 0 Å². The molecule has 1 aromatic heterocycles. The number of thiazole rings is 1. The fraction of sp³-hybridized carbons (Fsp3) is 0.400. The number of amides is 1. The molecule has 1 unspecified atom stereocenters. The first-order valence-electron chi connectivity index (χ1n) is 5.24. The van der Waals surface area contributed by atoms with Crippen molar-refractivity contribution in [2.45, 2.75) is 19.4 Å². The molecule has 1 atom stereocenters. The molecule has 18 heavy (non-hydrogen) atoms. The van der Waals surface area contributed by atoms with Crippen LogP contribution in [0.25, 0.3) is 0 Å². The lowest BCUT2D eigenvalue weighted by Crippen LogP contribution is -2.36. The highest BCUT2D eigenvalue weighted by molar-refractivity contribution is 7.94. The van der Waals surface area contributed by atoms with Gasteiger partial charge in [0.1, 0.15) is 0 Å². The zero-order chi connectivity index (χ0) is 13.3. The minimum absolute atomic E-state index is 0.0550. The van der Waals surface area contributed by atoms with E-state index in [1.165, 1.54) is 17.4 Å². The van der Waals surface area contributed by atoms with Crippen molar-refractivity contribution in [3.63, 3.8) is 0 Å². The Hall–Kier alpha value is -0.990. The summed E-state index contributed by atoms with van der Waals surface area (Å²) in [6.07, 6.45) is 1.72. The molecule has 0 radical (unpaired) electrons. The monoisotopic (exact) mass is 304 g/mol. The van der Waals surface area contributed by atoms with Gasteiger partial charge in [-0.2, -0.15) is 0 Å². The van der Waals surface area contributed by atoms with Crippen LogP contribution in [0.4, 0.5) is 0 Å². The summed E-state index contributed by atoms with van der Waals surface area (Å²) < 4.78 is 23.0. The molecule has 5 nitrogen and oxygen atoms in total. The van der Waals surface area contributed by atoms with Gasteiger partial charge in [0.15, 0.2) is 13.8 Å². The van der Waals surface area contributed by atoms with E-state index in [0.717, 1.165) is 16.0 Å². The molecule has 2 N–H and O–H groups in total. The van der Waals surface area contributed by atoms with Crippen LogP contribution in [-0.2, 0) is 21.1 Å². The number of aryl methyl sites for hydroxylation is 1. The number of aromatic nitrogens is 1. The average Bonchev–Trinajstić information content (AvgIpc) is 2.70. The average molecular weight is 304 g/mol. The Balaban J connectivity index is 1.96. The second kappa shape index (κ2) is 4.94. The molecule has 1 aliphatic rings. The molecule has 2 heterocycles. The van der Waals surface area contributed by atoms with E-state index in [1.807, 2.05) is 6.92 Å². The van der Waals surface area contributed by atoms with Gasteiger partial charge in [-0.25, -0.2) is 8.42 Å². The molecule has 0 bridgehead atoms. The number of hydrogen-bond acceptors (Lipinski definition) is 5. The third kappa shape index (κ3) is 3.27. The quantitative estimate of drug-likeness (QED) is 0.819. The minimum atomic E-state index is -3.13. The number of rotatable bonds is 3. The fourth-order valence-electron chi connectivity index (χ4n) is 1.67. The van der Waals surface area contributed by atoms with Crippen molar-refractivity contribution < 1.29 is 13.2 Å². The maximum Gasteiger partial charge on any atom is 0.225 e. The molecule has 98 valence electrons. The molecule has 0 spiro atoms. The van der Waals surface area contributed by atoms with Crippen molar-refractivity contribution >= 4 is 39.3 Å². The molecular weight excluding hydrogens is 292 g/mol. The van der Waals surface area contributed by atoms with Crippen molar-refractivity contribution in [2.75, 3.05) is 5.75 Å². The molecule has 0 fully saturated rings. The van der Waals surface area contributed by atoms with Crippen molar-refractivity contribution in [3.8, 4) is 0 Å². The van der Waals surface area contributed by atoms with Crippen molar-refractivity contribution in [1.29, 1.82) is 0 Å². The van der Waals surface area contributed by atoms with Gasteiger partial charge in [-0.05, 0) is 25.2 Å². The van der Waals surface area contributed by atoms with E-state index in [-0.39, 0.29) is 18.1 Å². The number of carbonyl (C=O) groups is 1. The third-order valence-corrected chi connectivity index (χ3v) is 5.25. The number of sulfone groups is 1. The van der Waals surface area contributed by atoms with Crippen LogP contribution >= 0.6 is 23.6 Å². The van der Waals surface area contributed by atoms with Gasteiger partial charge in [0.2, 0.25) is 5.91 Å². The van der Waals surface area contributed by atoms with Crippen LogP contribution in [0.2, 0.25) is 0 Å². The number of carbonyl (C=O) groups excluding carboxylic acids is 1. The molecule has 8 heteroatoms. The molecule has 1 aromatic rings. The number of H-pyrrole nitrogens is 1. The Morgan fingerprint density at radius 3 is 2.89 bits per heavy atom. The maximum atomic E-state index is 11.8. The summed E-state index contributed by atoms with van der Waals surface area (Å²) in [5.74, 6) is -0.254. The van der Waals surface area contributed by atoms with Crippen LogP contribution in [0, 0.1) is 10.9 Å². The maximum absolute atomic E-state index is 11.8. The van der Waals surface area contributed by atoms with Crippen molar-refractivity contribution in [3.05, 3.63) is 26.0 Å². The van der Waals surface area contributed by atoms with Crippen LogP contribution in [-0.4, -0.2) is 31.1 Å². The van der Waals surface area contributed by atoms with Gasteiger partial charge >= 0.3 is 0 Å². The smallest absolute Gasteiger partial charge is 0.225 e. The lowest BCUT2D eigenvalue weighted by Gasteiger charge is -2.09. The topological polar surface area (TPSA) is 79.0 Å². The zero-order valence-corrected chi connectivity index (χ0v) is 12.0. The second-order valence-corrected chi connectivity index (χ2v) is 7.77. The number of aromatic amines is 1. The van der Waals surface area contributed by atoms with E-state index in [1.54, 1.807) is 0 Å². The summed E-state index contributed by atoms with van der Waals surface area (Å²) in [4.78, 5) is 15.6. The molecule has 1 amide bonds. The summed E-state index contributed by atoms with van der Waals surface area (Å²) in [5, 5.41) is 3.82. The Bertz CT molecular complexity index is 654. The summed E-state index contributed by atoms with van der Waals surface area (Å²) in [6.45, 7) is 1.86. The van der Waals surface area contributed by atoms with Crippen LogP contribution in [0.1, 0.15) is 10.6 Å². The highest BCUT2D eigenvalue weighted by Gasteiger charge is 2.23. The predicted molar refractivity (Wildman–Crippen MR) is 72.8 cm³/mol. The lowest BCUT2D eigenvalue weighted by atomic mass is 10.2. The highest BCUT2D eigenvalue weighted by atomic mass is 32.2. The second-order valence-electron chi connectivity index (χ2n) is 4.07. The molecule has 0 aromatic carbocycles. The zero-order valence-electron chi connectivity index (χ0n) is 9.60. The standard InChI is InChI=1S/C10H12N2O3S3/c1-6-8(17-10(16)11-6)4-9(13)12-7-2-3-18(14,15)5-7/h2-3,7H,4-5H2,1H3,(H,11,16)(H,12,13). The Morgan fingerprint density at radius 2 is 2.39 bits per heavy atom. The van der Waals surface area contributed by atoms with E-state index in [4.69, 9.17) is 12.2 Å². The molecular formula is C10H12N2O3S3. The molecule has 2 rings (SSSR count). The predicted octanol–water partition coefficient (Wildman–Crippen LogP) is 1.08. The Kier molecular flexibility index (Phi) is 3.69. The first-order valence-corrected chi connectivity index (χ1v) is 8.19. The van der Waals surface area contributed by atoms with Crippen LogP contribution in [0.5, 0.6) is 0 Å². The van der Waals surface area contributed by atoms with Gasteiger partial charge in [0, 0.05) is 16.0 Å². The summed E-state index contributed by atoms with van der Waals surface area (Å²) >= 11 is 6.35. The Morgan fingerprint density at radius 1 is 1.67 bits per heavy atom. The fourth-order valence-corrected chi connectivity index (χ4v) is 4.20. The van der Waals surface area contributed by atoms with E-state index >= 15 is 0 Å². The van der Waals surface area contributed by atoms with E-state index in [9.17, 15) is 13.2 Å². The van der Waals surface area contributed by atoms with Gasteiger partial charge < -0.3 is 10.3 Å². The van der Waals surface area contributed by atoms with E-state index in [0.29, 0.717) is 3.95 Å². The summed E-state index contributed by atoms with van der Waals surface area (Å²) in [5.41, 5.74) is 0.884. The molecule has 0 saturated heterocycles. The Labute approximate surface area is 114 Å². The van der Waals surface area contributed by atoms with Crippen LogP contribution in [0.15, 0.2) is 11.5 Å². The number of hydrogen-bond donors (Lipinski definition) is 2. The lowest BCUT2D eigenvalue weighted by molar-refractivity contribution is -0.120. The normalized spacial score (nSPS) is 21.1. The molecule has 1 aliphatic heterocycles. The van der Waals surface area contributed by atoms with Crippen molar-refractivity contribution in [2.24, 2.45) is 0 Å². The van der Waals surface area contributed by atoms with Gasteiger partial charge in [-0.1, -0.05) is 0 Å². The first-order chi connectivity index (χ1) is 8.35. The van der Waals surface area contributed by atoms with E-state index in [2.05, 4.69) is 10.3 Å². The first kappa shape index (κ1) is 13.4. The van der Waals surface area contributed by atoms with Crippen molar-refractivity contribution in [1.82, 2.24) is 10.3 Å². The molecule has 0 aliphatic carbocycles.